The van der Waals surface area contributed by atoms with E-state index in [-0.39, 0.29) is 25.0 Å². The van der Waals surface area contributed by atoms with Crippen LogP contribution in [-0.2, 0) is 36.8 Å². The molecule has 3 amide bonds. The lowest BCUT2D eigenvalue weighted by Gasteiger charge is -2.26. The molecule has 0 saturated heterocycles. The van der Waals surface area contributed by atoms with Crippen LogP contribution in [0.2, 0.25) is 0 Å². The Bertz CT molecular complexity index is 1170. The van der Waals surface area contributed by atoms with Crippen LogP contribution in [0.5, 0.6) is 5.75 Å². The summed E-state index contributed by atoms with van der Waals surface area (Å²) in [5, 5.41) is 45.0. The second-order valence-electron chi connectivity index (χ2n) is 9.28. The summed E-state index contributed by atoms with van der Waals surface area (Å²) in [5.41, 5.74) is 6.91. The summed E-state index contributed by atoms with van der Waals surface area (Å²) < 4.78 is 0. The molecule has 0 heterocycles. The van der Waals surface area contributed by atoms with Gasteiger partial charge in [-0.3, -0.25) is 19.2 Å². The van der Waals surface area contributed by atoms with E-state index in [0.717, 1.165) is 0 Å². The molecule has 2 aromatic carbocycles. The number of aliphatic carboxylic acids is 2. The minimum atomic E-state index is -1.54. The molecule has 0 aliphatic carbocycles. The van der Waals surface area contributed by atoms with Gasteiger partial charge < -0.3 is 42.1 Å². The van der Waals surface area contributed by atoms with E-state index < -0.39 is 66.4 Å². The molecule has 0 saturated carbocycles. The molecule has 216 valence electrons. The summed E-state index contributed by atoms with van der Waals surface area (Å²) >= 11 is 0. The lowest BCUT2D eigenvalue weighted by atomic mass is 10.0. The highest BCUT2D eigenvalue weighted by molar-refractivity contribution is 5.94. The number of phenols is 1. The number of carbonyl (C=O) groups excluding carboxylic acids is 3. The van der Waals surface area contributed by atoms with E-state index in [1.54, 1.807) is 30.3 Å². The maximum Gasteiger partial charge on any atom is 0.326 e. The Morgan fingerprint density at radius 1 is 0.750 bits per heavy atom. The molecule has 0 bridgehead atoms. The molecule has 0 aromatic heterocycles. The van der Waals surface area contributed by atoms with Crippen LogP contribution in [0.15, 0.2) is 54.6 Å². The Hall–Kier alpha value is -4.49. The van der Waals surface area contributed by atoms with Crippen LogP contribution < -0.4 is 21.7 Å². The molecule has 13 nitrogen and oxygen atoms in total. The smallest absolute Gasteiger partial charge is 0.326 e. The molecule has 40 heavy (non-hydrogen) atoms. The Morgan fingerprint density at radius 3 is 1.70 bits per heavy atom. The molecule has 0 aliphatic rings. The molecule has 0 spiro atoms. The van der Waals surface area contributed by atoms with Gasteiger partial charge in [0.25, 0.3) is 0 Å². The van der Waals surface area contributed by atoms with Gasteiger partial charge in [-0.1, -0.05) is 42.5 Å². The van der Waals surface area contributed by atoms with Gasteiger partial charge in [-0.15, -0.1) is 0 Å². The standard InChI is InChI=1S/C27H34N4O9/c1-15(32)23(28)26(38)31-21(13-16-5-3-2-4-6-16)25(37)30-20(14-17-7-9-18(33)10-8-17)24(36)29-19(27(39)40)11-12-22(34)35/h2-10,15,19-21,23,32-33H,11-14,28H2,1H3,(H,29,36)(H,30,37)(H,31,38)(H,34,35)(H,39,40). The average molecular weight is 559 g/mol. The number of carboxylic acids is 2. The zero-order chi connectivity index (χ0) is 29.8. The number of carbonyl (C=O) groups is 5. The first-order chi connectivity index (χ1) is 18.9. The molecule has 5 atom stereocenters. The molecule has 0 aliphatic heterocycles. The van der Waals surface area contributed by atoms with E-state index in [1.807, 2.05) is 0 Å². The normalized spacial score (nSPS) is 14.6. The first kappa shape index (κ1) is 31.7. The van der Waals surface area contributed by atoms with Crippen molar-refractivity contribution in [1.82, 2.24) is 16.0 Å². The topological polar surface area (TPSA) is 228 Å². The number of amides is 3. The molecule has 9 N–H and O–H groups in total. The summed E-state index contributed by atoms with van der Waals surface area (Å²) in [6.45, 7) is 1.32. The monoisotopic (exact) mass is 558 g/mol. The van der Waals surface area contributed by atoms with Crippen molar-refractivity contribution in [3.05, 3.63) is 65.7 Å². The molecule has 13 heteroatoms. The van der Waals surface area contributed by atoms with E-state index in [0.29, 0.717) is 11.1 Å². The number of hydrogen-bond acceptors (Lipinski definition) is 8. The van der Waals surface area contributed by atoms with Gasteiger partial charge in [0.2, 0.25) is 17.7 Å². The predicted molar refractivity (Wildman–Crippen MR) is 142 cm³/mol. The third-order valence-electron chi connectivity index (χ3n) is 6.01. The Kier molecular flexibility index (Phi) is 12.0. The zero-order valence-corrected chi connectivity index (χ0v) is 21.8. The number of rotatable bonds is 15. The summed E-state index contributed by atoms with van der Waals surface area (Å²) in [7, 11) is 0. The molecule has 0 fully saturated rings. The number of nitrogens with two attached hydrogens (primary N) is 1. The van der Waals surface area contributed by atoms with Crippen molar-refractivity contribution in [2.24, 2.45) is 5.73 Å². The van der Waals surface area contributed by atoms with Crippen molar-refractivity contribution >= 4 is 29.7 Å². The Labute approximate surface area is 230 Å². The van der Waals surface area contributed by atoms with Crippen molar-refractivity contribution in [2.45, 2.75) is 62.9 Å². The molecular weight excluding hydrogens is 524 g/mol. The quantitative estimate of drug-likeness (QED) is 0.137. The number of phenolic OH excluding ortho intramolecular Hbond substituents is 1. The fourth-order valence-electron chi connectivity index (χ4n) is 3.69. The highest BCUT2D eigenvalue weighted by Crippen LogP contribution is 2.13. The van der Waals surface area contributed by atoms with Gasteiger partial charge in [-0.2, -0.15) is 0 Å². The maximum atomic E-state index is 13.4. The first-order valence-corrected chi connectivity index (χ1v) is 12.5. The van der Waals surface area contributed by atoms with Crippen molar-refractivity contribution in [3.63, 3.8) is 0 Å². The maximum absolute atomic E-state index is 13.4. The van der Waals surface area contributed by atoms with Gasteiger partial charge in [0.05, 0.1) is 6.10 Å². The largest absolute Gasteiger partial charge is 0.508 e. The summed E-state index contributed by atoms with van der Waals surface area (Å²) in [6, 6.07) is 9.00. The lowest BCUT2D eigenvalue weighted by Crippen LogP contribution is -2.59. The fourth-order valence-corrected chi connectivity index (χ4v) is 3.69. The van der Waals surface area contributed by atoms with Crippen LogP contribution in [0.4, 0.5) is 0 Å². The number of aliphatic hydroxyl groups is 1. The number of aliphatic hydroxyl groups excluding tert-OH is 1. The Morgan fingerprint density at radius 2 is 1.23 bits per heavy atom. The van der Waals surface area contributed by atoms with E-state index in [4.69, 9.17) is 10.8 Å². The van der Waals surface area contributed by atoms with Crippen molar-refractivity contribution < 1.29 is 44.4 Å². The summed E-state index contributed by atoms with van der Waals surface area (Å²) in [5.74, 6) is -5.22. The van der Waals surface area contributed by atoms with E-state index in [1.165, 1.54) is 31.2 Å². The highest BCUT2D eigenvalue weighted by atomic mass is 16.4. The SMILES string of the molecule is CC(O)C(N)C(=O)NC(Cc1ccccc1)C(=O)NC(Cc1ccc(O)cc1)C(=O)NC(CCC(=O)O)C(=O)O. The third kappa shape index (κ3) is 10.3. The van der Waals surface area contributed by atoms with E-state index in [2.05, 4.69) is 16.0 Å². The molecular formula is C27H34N4O9. The summed E-state index contributed by atoms with van der Waals surface area (Å²) in [6.07, 6.45) is -2.22. The minimum Gasteiger partial charge on any atom is -0.508 e. The van der Waals surface area contributed by atoms with E-state index >= 15 is 0 Å². The van der Waals surface area contributed by atoms with Crippen LogP contribution in [0, 0.1) is 0 Å². The number of aromatic hydroxyl groups is 1. The van der Waals surface area contributed by atoms with Gasteiger partial charge in [0, 0.05) is 19.3 Å². The lowest BCUT2D eigenvalue weighted by molar-refractivity contribution is -0.143. The van der Waals surface area contributed by atoms with Gasteiger partial charge >= 0.3 is 11.9 Å². The summed E-state index contributed by atoms with van der Waals surface area (Å²) in [4.78, 5) is 61.8. The van der Waals surface area contributed by atoms with Crippen molar-refractivity contribution in [3.8, 4) is 5.75 Å². The number of nitrogens with one attached hydrogen (secondary N) is 3. The van der Waals surface area contributed by atoms with Crippen molar-refractivity contribution in [1.29, 1.82) is 0 Å². The Balaban J connectivity index is 2.32. The highest BCUT2D eigenvalue weighted by Gasteiger charge is 2.31. The van der Waals surface area contributed by atoms with Crippen LogP contribution in [0.25, 0.3) is 0 Å². The second-order valence-corrected chi connectivity index (χ2v) is 9.28. The fraction of sp³-hybridized carbons (Fsp3) is 0.370. The van der Waals surface area contributed by atoms with Gasteiger partial charge in [-0.25, -0.2) is 4.79 Å². The van der Waals surface area contributed by atoms with Crippen LogP contribution in [0.3, 0.4) is 0 Å². The van der Waals surface area contributed by atoms with Crippen LogP contribution in [0.1, 0.15) is 30.9 Å². The van der Waals surface area contributed by atoms with Crippen molar-refractivity contribution in [2.75, 3.05) is 0 Å². The number of carboxylic acid groups (broad SMARTS) is 2. The average Bonchev–Trinajstić information content (AvgIpc) is 2.90. The first-order valence-electron chi connectivity index (χ1n) is 12.5. The third-order valence-corrected chi connectivity index (χ3v) is 6.01. The molecule has 2 rings (SSSR count). The van der Waals surface area contributed by atoms with Crippen LogP contribution >= 0.6 is 0 Å². The number of benzene rings is 2. The number of hydrogen-bond donors (Lipinski definition) is 8. The molecule has 0 radical (unpaired) electrons. The predicted octanol–water partition coefficient (Wildman–Crippen LogP) is -0.711. The van der Waals surface area contributed by atoms with Gasteiger partial charge in [0.15, 0.2) is 0 Å². The van der Waals surface area contributed by atoms with Gasteiger partial charge in [0.1, 0.15) is 29.9 Å². The molecule has 5 unspecified atom stereocenters. The second kappa shape index (κ2) is 15.2. The van der Waals surface area contributed by atoms with E-state index in [9.17, 15) is 39.3 Å². The molecule has 2 aromatic rings. The van der Waals surface area contributed by atoms with Gasteiger partial charge in [-0.05, 0) is 36.6 Å². The zero-order valence-electron chi connectivity index (χ0n) is 21.8. The van der Waals surface area contributed by atoms with Crippen LogP contribution in [-0.4, -0.2) is 80.4 Å². The minimum absolute atomic E-state index is 0.00878.